The summed E-state index contributed by atoms with van der Waals surface area (Å²) in [7, 11) is -3.30. The van der Waals surface area contributed by atoms with Crippen LogP contribution in [0.4, 0.5) is 10.5 Å². The number of ether oxygens (including phenoxy) is 1. The van der Waals surface area contributed by atoms with Gasteiger partial charge in [0.2, 0.25) is 10.0 Å². The number of benzene rings is 2. The van der Waals surface area contributed by atoms with E-state index in [1.54, 1.807) is 24.3 Å². The Kier molecular flexibility index (Phi) is 12.2. The van der Waals surface area contributed by atoms with Crippen LogP contribution in [-0.4, -0.2) is 61.7 Å². The Hall–Kier alpha value is -2.49. The lowest BCUT2D eigenvalue weighted by Gasteiger charge is -2.45. The monoisotopic (exact) mass is 606 g/mol. The molecule has 2 aromatic rings. The smallest absolute Gasteiger partial charge is 0.318 e. The highest BCUT2D eigenvalue weighted by Gasteiger charge is 2.37. The Balaban J connectivity index is 0.00000462. The van der Waals surface area contributed by atoms with E-state index in [1.165, 1.54) is 24.8 Å². The molecule has 41 heavy (non-hydrogen) atoms. The number of hydrogen-bond donors (Lipinski definition) is 2. The molecule has 1 saturated carbocycles. The van der Waals surface area contributed by atoms with Crippen molar-refractivity contribution >= 4 is 34.1 Å². The van der Waals surface area contributed by atoms with E-state index in [2.05, 4.69) is 45.8 Å². The number of nitrogens with zero attached hydrogens (tertiary/aromatic N) is 2. The van der Waals surface area contributed by atoms with Gasteiger partial charge in [0.25, 0.3) is 0 Å². The molecule has 2 fully saturated rings. The van der Waals surface area contributed by atoms with Crippen molar-refractivity contribution in [2.45, 2.75) is 89.8 Å². The molecule has 0 atom stereocenters. The van der Waals surface area contributed by atoms with Gasteiger partial charge in [-0.15, -0.1) is 12.4 Å². The number of piperidine rings is 1. The number of sulfonamides is 1. The number of likely N-dealkylation sites (tertiary alicyclic amines) is 1. The van der Waals surface area contributed by atoms with Gasteiger partial charge in [0.05, 0.1) is 6.26 Å². The van der Waals surface area contributed by atoms with Gasteiger partial charge in [-0.1, -0.05) is 44.7 Å². The van der Waals surface area contributed by atoms with Crippen LogP contribution in [0.1, 0.15) is 77.2 Å². The van der Waals surface area contributed by atoms with Crippen molar-refractivity contribution in [3.63, 3.8) is 0 Å². The summed E-state index contributed by atoms with van der Waals surface area (Å²) in [6, 6.07) is 15.3. The minimum absolute atomic E-state index is 0. The third-order valence-corrected chi connectivity index (χ3v) is 8.81. The van der Waals surface area contributed by atoms with E-state index < -0.39 is 10.0 Å². The molecule has 0 radical (unpaired) electrons. The van der Waals surface area contributed by atoms with Crippen LogP contribution in [0, 0.1) is 0 Å². The van der Waals surface area contributed by atoms with Gasteiger partial charge < -0.3 is 15.0 Å². The Morgan fingerprint density at radius 3 is 2.15 bits per heavy atom. The number of rotatable bonds is 11. The van der Waals surface area contributed by atoms with E-state index in [1.807, 2.05) is 12.1 Å². The summed E-state index contributed by atoms with van der Waals surface area (Å²) in [6.07, 6.45) is 11.2. The molecule has 1 aliphatic carbocycles. The minimum atomic E-state index is -3.30. The van der Waals surface area contributed by atoms with Gasteiger partial charge in [-0.25, -0.2) is 13.2 Å². The number of unbranched alkanes of at least 4 members (excludes halogenated alkanes) is 1. The van der Waals surface area contributed by atoms with Gasteiger partial charge >= 0.3 is 6.03 Å². The van der Waals surface area contributed by atoms with Crippen molar-refractivity contribution in [3.05, 3.63) is 54.1 Å². The van der Waals surface area contributed by atoms with Crippen LogP contribution in [0.3, 0.4) is 0 Å². The van der Waals surface area contributed by atoms with E-state index in [9.17, 15) is 13.2 Å². The number of anilines is 1. The zero-order valence-corrected chi connectivity index (χ0v) is 26.4. The summed E-state index contributed by atoms with van der Waals surface area (Å²) in [6.45, 7) is 8.12. The second-order valence-electron chi connectivity index (χ2n) is 11.7. The molecule has 2 aliphatic rings. The van der Waals surface area contributed by atoms with Crippen LogP contribution in [-0.2, 0) is 16.6 Å². The quantitative estimate of drug-likeness (QED) is 0.294. The van der Waals surface area contributed by atoms with E-state index in [4.69, 9.17) is 4.74 Å². The van der Waals surface area contributed by atoms with Crippen molar-refractivity contribution in [3.8, 4) is 11.5 Å². The van der Waals surface area contributed by atoms with Gasteiger partial charge in [-0.3, -0.25) is 9.62 Å². The van der Waals surface area contributed by atoms with Crippen LogP contribution < -0.4 is 14.8 Å². The number of amides is 2. The molecule has 2 aromatic carbocycles. The largest absolute Gasteiger partial charge is 0.457 e. The van der Waals surface area contributed by atoms with E-state index >= 15 is 0 Å². The van der Waals surface area contributed by atoms with Crippen molar-refractivity contribution in [1.29, 1.82) is 0 Å². The second-order valence-corrected chi connectivity index (χ2v) is 13.5. The molecule has 0 unspecified atom stereocenters. The van der Waals surface area contributed by atoms with Crippen LogP contribution in [0.5, 0.6) is 11.5 Å². The van der Waals surface area contributed by atoms with Crippen LogP contribution >= 0.6 is 12.4 Å². The topological polar surface area (TPSA) is 91.0 Å². The maximum Gasteiger partial charge on any atom is 0.318 e. The maximum atomic E-state index is 13.4. The predicted octanol–water partition coefficient (Wildman–Crippen LogP) is 6.77. The third-order valence-electron chi connectivity index (χ3n) is 8.20. The van der Waals surface area contributed by atoms with Gasteiger partial charge in [0.15, 0.2) is 0 Å². The molecular formula is C31H47ClN4O4S. The van der Waals surface area contributed by atoms with Crippen LogP contribution in [0.15, 0.2) is 48.5 Å². The van der Waals surface area contributed by atoms with Crippen molar-refractivity contribution < 1.29 is 17.9 Å². The minimum Gasteiger partial charge on any atom is -0.457 e. The first-order chi connectivity index (χ1) is 19.1. The highest BCUT2D eigenvalue weighted by molar-refractivity contribution is 7.92. The summed E-state index contributed by atoms with van der Waals surface area (Å²) >= 11 is 0. The highest BCUT2D eigenvalue weighted by Crippen LogP contribution is 2.34. The van der Waals surface area contributed by atoms with Crippen LogP contribution in [0.2, 0.25) is 0 Å². The van der Waals surface area contributed by atoms with Crippen LogP contribution in [0.25, 0.3) is 0 Å². The Labute approximate surface area is 252 Å². The van der Waals surface area contributed by atoms with Crippen molar-refractivity contribution in [2.75, 3.05) is 30.6 Å². The van der Waals surface area contributed by atoms with Crippen molar-refractivity contribution in [1.82, 2.24) is 15.1 Å². The molecule has 1 saturated heterocycles. The Morgan fingerprint density at radius 1 is 1.00 bits per heavy atom. The van der Waals surface area contributed by atoms with E-state index in [0.29, 0.717) is 11.4 Å². The number of carbonyl (C=O) groups is 1. The molecule has 228 valence electrons. The lowest BCUT2D eigenvalue weighted by Crippen LogP contribution is -2.57. The first-order valence-corrected chi connectivity index (χ1v) is 16.7. The second kappa shape index (κ2) is 15.1. The molecule has 1 aliphatic heterocycles. The lowest BCUT2D eigenvalue weighted by molar-refractivity contribution is 0.0854. The molecule has 8 nitrogen and oxygen atoms in total. The zero-order chi connectivity index (χ0) is 28.6. The molecule has 0 aromatic heterocycles. The van der Waals surface area contributed by atoms with Gasteiger partial charge in [0, 0.05) is 43.4 Å². The zero-order valence-electron chi connectivity index (χ0n) is 24.7. The summed E-state index contributed by atoms with van der Waals surface area (Å²) in [5.74, 6) is 1.37. The molecule has 2 N–H and O–H groups in total. The molecular weight excluding hydrogens is 560 g/mol. The molecule has 10 heteroatoms. The third kappa shape index (κ3) is 10.1. The Morgan fingerprint density at radius 2 is 1.59 bits per heavy atom. The lowest BCUT2D eigenvalue weighted by atomic mass is 9.82. The summed E-state index contributed by atoms with van der Waals surface area (Å²) in [5.41, 5.74) is 1.71. The number of urea groups is 1. The molecule has 2 amide bonds. The first kappa shape index (κ1) is 33.0. The number of carbonyl (C=O) groups excluding carboxylic acids is 1. The van der Waals surface area contributed by atoms with Gasteiger partial charge in [-0.2, -0.15) is 0 Å². The van der Waals surface area contributed by atoms with E-state index in [0.717, 1.165) is 76.7 Å². The normalized spacial score (nSPS) is 17.7. The summed E-state index contributed by atoms with van der Waals surface area (Å²) in [4.78, 5) is 18.0. The standard InChI is InChI=1S/C31H46N4O4S.ClH/c1-4-5-21-35(31(2)19-7-6-8-20-31)30(36)32-26-17-22-34(23-18-26)24-25-9-13-28(14-10-25)39-29-15-11-27(12-16-29)33-40(3,37)38;/h9-16,26,33H,4-8,17-24H2,1-3H3,(H,32,36);1H. The number of halogens is 1. The summed E-state index contributed by atoms with van der Waals surface area (Å²) < 4.78 is 31.1. The van der Waals surface area contributed by atoms with E-state index in [-0.39, 0.29) is 30.0 Å². The van der Waals surface area contributed by atoms with Gasteiger partial charge in [0.1, 0.15) is 11.5 Å². The molecule has 0 bridgehead atoms. The molecule has 1 heterocycles. The number of hydrogen-bond acceptors (Lipinski definition) is 5. The molecule has 4 rings (SSSR count). The first-order valence-electron chi connectivity index (χ1n) is 14.8. The van der Waals surface area contributed by atoms with Gasteiger partial charge in [-0.05, 0) is 81.0 Å². The summed E-state index contributed by atoms with van der Waals surface area (Å²) in [5, 5.41) is 3.39. The molecule has 0 spiro atoms. The average molecular weight is 607 g/mol. The fourth-order valence-corrected chi connectivity index (χ4v) is 6.43. The number of nitrogens with one attached hydrogen (secondary N) is 2. The van der Waals surface area contributed by atoms with Crippen molar-refractivity contribution in [2.24, 2.45) is 0 Å². The highest BCUT2D eigenvalue weighted by atomic mass is 35.5. The maximum absolute atomic E-state index is 13.4. The SMILES string of the molecule is CCCCN(C(=O)NC1CCN(Cc2ccc(Oc3ccc(NS(C)(=O)=O)cc3)cc2)CC1)C1(C)CCCCC1.Cl. The fraction of sp³-hybridized carbons (Fsp3) is 0.581. The Bertz CT molecular complexity index is 1190. The fourth-order valence-electron chi connectivity index (χ4n) is 5.87. The average Bonchev–Trinajstić information content (AvgIpc) is 2.92. The predicted molar refractivity (Wildman–Crippen MR) is 169 cm³/mol.